The Morgan fingerprint density at radius 3 is 2.28 bits per heavy atom. The van der Waals surface area contributed by atoms with Crippen molar-refractivity contribution >= 4 is 44.3 Å². The molecule has 12 heteroatoms. The fraction of sp³-hybridized carbons (Fsp3) is 0.458. The van der Waals surface area contributed by atoms with Crippen LogP contribution in [0.4, 0.5) is 9.80 Å². The smallest absolute Gasteiger partial charge is 0.410 e. The average Bonchev–Trinajstić information content (AvgIpc) is 3.21. The lowest BCUT2D eigenvalue weighted by molar-refractivity contribution is 0.0772. The summed E-state index contributed by atoms with van der Waals surface area (Å²) in [6, 6.07) is 5.63. The molecular formula is C24H32N4O6S2. The van der Waals surface area contributed by atoms with Crippen LogP contribution in [0, 0.1) is 0 Å². The molecule has 1 aromatic carbocycles. The molecule has 0 bridgehead atoms. The standard InChI is InChI=1S/C24H32N4O6S2/c1-6-27(7-2)23(30)20-18-13-14-28(24(31)34-8-3)15-19(18)35-22(20)25-21(29)16-9-11-17(12-10-16)36(32,33)26(4)5/h9-12H,6-8,13-15H2,1-5H3,(H,25,29). The number of nitrogens with one attached hydrogen (secondary N) is 1. The van der Waals surface area contributed by atoms with Crippen LogP contribution in [-0.4, -0.2) is 80.8 Å². The van der Waals surface area contributed by atoms with Crippen LogP contribution in [0.15, 0.2) is 29.2 Å². The van der Waals surface area contributed by atoms with E-state index < -0.39 is 22.0 Å². The van der Waals surface area contributed by atoms with Crippen molar-refractivity contribution in [1.29, 1.82) is 0 Å². The van der Waals surface area contributed by atoms with E-state index in [0.717, 1.165) is 14.7 Å². The summed E-state index contributed by atoms with van der Waals surface area (Å²) in [5.74, 6) is -0.636. The molecule has 3 rings (SSSR count). The van der Waals surface area contributed by atoms with Crippen molar-refractivity contribution in [3.63, 3.8) is 0 Å². The minimum Gasteiger partial charge on any atom is -0.450 e. The minimum absolute atomic E-state index is 0.0760. The Hall–Kier alpha value is -2.96. The maximum Gasteiger partial charge on any atom is 0.410 e. The second kappa shape index (κ2) is 11.4. The Morgan fingerprint density at radius 2 is 1.72 bits per heavy atom. The molecule has 0 aliphatic carbocycles. The first-order chi connectivity index (χ1) is 17.0. The van der Waals surface area contributed by atoms with Crippen LogP contribution in [0.2, 0.25) is 0 Å². The van der Waals surface area contributed by atoms with Crippen molar-refractivity contribution in [3.05, 3.63) is 45.8 Å². The zero-order valence-corrected chi connectivity index (χ0v) is 22.8. The van der Waals surface area contributed by atoms with Crippen molar-refractivity contribution in [2.24, 2.45) is 0 Å². The molecule has 0 fully saturated rings. The van der Waals surface area contributed by atoms with Crippen LogP contribution in [0.5, 0.6) is 0 Å². The zero-order valence-electron chi connectivity index (χ0n) is 21.2. The molecule has 0 unspecified atom stereocenters. The third-order valence-corrected chi connectivity index (χ3v) is 8.93. The van der Waals surface area contributed by atoms with Gasteiger partial charge in [0.05, 0.1) is 23.6 Å². The molecular weight excluding hydrogens is 504 g/mol. The van der Waals surface area contributed by atoms with Crippen molar-refractivity contribution in [3.8, 4) is 0 Å². The molecule has 3 amide bonds. The third kappa shape index (κ3) is 5.55. The van der Waals surface area contributed by atoms with Gasteiger partial charge in [0.25, 0.3) is 11.8 Å². The van der Waals surface area contributed by atoms with E-state index in [4.69, 9.17) is 4.74 Å². The minimum atomic E-state index is -3.62. The van der Waals surface area contributed by atoms with Gasteiger partial charge in [-0.3, -0.25) is 9.59 Å². The highest BCUT2D eigenvalue weighted by molar-refractivity contribution is 7.89. The highest BCUT2D eigenvalue weighted by Gasteiger charge is 2.32. The number of fused-ring (bicyclic) bond motifs is 1. The van der Waals surface area contributed by atoms with Crippen molar-refractivity contribution in [1.82, 2.24) is 14.1 Å². The van der Waals surface area contributed by atoms with E-state index in [1.165, 1.54) is 49.7 Å². The Morgan fingerprint density at radius 1 is 1.08 bits per heavy atom. The SMILES string of the molecule is CCOC(=O)N1CCc2c(sc(NC(=O)c3ccc(S(=O)(=O)N(C)C)cc3)c2C(=O)N(CC)CC)C1. The second-order valence-electron chi connectivity index (χ2n) is 8.32. The Kier molecular flexibility index (Phi) is 8.75. The Bertz CT molecular complexity index is 1230. The van der Waals surface area contributed by atoms with Crippen molar-refractivity contribution in [2.75, 3.05) is 45.7 Å². The Labute approximate surface area is 215 Å². The van der Waals surface area contributed by atoms with E-state index in [-0.39, 0.29) is 23.0 Å². The topological polar surface area (TPSA) is 116 Å². The van der Waals surface area contributed by atoms with Crippen LogP contribution in [-0.2, 0) is 27.7 Å². The molecule has 196 valence electrons. The number of amides is 3. The van der Waals surface area contributed by atoms with E-state index in [2.05, 4.69) is 5.32 Å². The molecule has 0 saturated heterocycles. The van der Waals surface area contributed by atoms with Gasteiger partial charge >= 0.3 is 6.09 Å². The molecule has 36 heavy (non-hydrogen) atoms. The first-order valence-corrected chi connectivity index (χ1v) is 14.0. The van der Waals surface area contributed by atoms with Gasteiger partial charge < -0.3 is 19.9 Å². The summed E-state index contributed by atoms with van der Waals surface area (Å²) in [7, 11) is -0.746. The molecule has 0 saturated carbocycles. The highest BCUT2D eigenvalue weighted by Crippen LogP contribution is 2.38. The summed E-state index contributed by atoms with van der Waals surface area (Å²) in [6.45, 7) is 7.55. The number of hydrogen-bond acceptors (Lipinski definition) is 7. The number of anilines is 1. The summed E-state index contributed by atoms with van der Waals surface area (Å²) in [6.07, 6.45) is 0.0615. The number of hydrogen-bond donors (Lipinski definition) is 1. The van der Waals surface area contributed by atoms with Gasteiger partial charge in [0, 0.05) is 44.2 Å². The van der Waals surface area contributed by atoms with E-state index in [0.29, 0.717) is 43.2 Å². The molecule has 1 aliphatic rings. The molecule has 2 aromatic rings. The average molecular weight is 537 g/mol. The quantitative estimate of drug-likeness (QED) is 0.554. The third-order valence-electron chi connectivity index (χ3n) is 5.97. The largest absolute Gasteiger partial charge is 0.450 e. The maximum absolute atomic E-state index is 13.4. The van der Waals surface area contributed by atoms with Gasteiger partial charge in [-0.2, -0.15) is 0 Å². The lowest BCUT2D eigenvalue weighted by Gasteiger charge is -2.27. The van der Waals surface area contributed by atoms with Crippen LogP contribution in [0.25, 0.3) is 0 Å². The summed E-state index contributed by atoms with van der Waals surface area (Å²) in [5.41, 5.74) is 1.54. The first kappa shape index (κ1) is 27.6. The summed E-state index contributed by atoms with van der Waals surface area (Å²) < 4.78 is 30.9. The fourth-order valence-corrected chi connectivity index (χ4v) is 6.07. The van der Waals surface area contributed by atoms with Gasteiger partial charge in [-0.25, -0.2) is 17.5 Å². The summed E-state index contributed by atoms with van der Waals surface area (Å²) >= 11 is 1.27. The predicted octanol–water partition coefficient (Wildman–Crippen LogP) is 3.25. The summed E-state index contributed by atoms with van der Waals surface area (Å²) in [5, 5.41) is 3.27. The lowest BCUT2D eigenvalue weighted by Crippen LogP contribution is -2.37. The molecule has 0 spiro atoms. The van der Waals surface area contributed by atoms with Crippen LogP contribution in [0.3, 0.4) is 0 Å². The Balaban J connectivity index is 1.94. The van der Waals surface area contributed by atoms with Crippen LogP contribution < -0.4 is 5.32 Å². The van der Waals surface area contributed by atoms with Gasteiger partial charge in [0.2, 0.25) is 10.0 Å². The normalized spacial score (nSPS) is 13.3. The number of carbonyl (C=O) groups excluding carboxylic acids is 3. The van der Waals surface area contributed by atoms with Gasteiger partial charge in [0.15, 0.2) is 0 Å². The number of rotatable bonds is 8. The second-order valence-corrected chi connectivity index (χ2v) is 11.6. The first-order valence-electron chi connectivity index (χ1n) is 11.7. The van der Waals surface area contributed by atoms with Crippen molar-refractivity contribution < 1.29 is 27.5 Å². The fourth-order valence-electron chi connectivity index (χ4n) is 3.92. The van der Waals surface area contributed by atoms with E-state index >= 15 is 0 Å². The lowest BCUT2D eigenvalue weighted by atomic mass is 10.0. The molecule has 0 radical (unpaired) electrons. The number of sulfonamides is 1. The van der Waals surface area contributed by atoms with Gasteiger partial charge in [-0.05, 0) is 57.0 Å². The number of carbonyl (C=O) groups is 3. The van der Waals surface area contributed by atoms with Crippen molar-refractivity contribution in [2.45, 2.75) is 38.6 Å². The van der Waals surface area contributed by atoms with E-state index in [1.54, 1.807) is 16.7 Å². The van der Waals surface area contributed by atoms with Gasteiger partial charge in [-0.15, -0.1) is 11.3 Å². The van der Waals surface area contributed by atoms with Gasteiger partial charge in [0.1, 0.15) is 5.00 Å². The molecule has 1 aliphatic heterocycles. The number of nitrogens with zero attached hydrogens (tertiary/aromatic N) is 3. The highest BCUT2D eigenvalue weighted by atomic mass is 32.2. The number of thiophene rings is 1. The van der Waals surface area contributed by atoms with Crippen LogP contribution >= 0.6 is 11.3 Å². The molecule has 1 aromatic heterocycles. The molecule has 0 atom stereocenters. The molecule has 2 heterocycles. The van der Waals surface area contributed by atoms with Crippen LogP contribution in [0.1, 0.15) is 51.9 Å². The van der Waals surface area contributed by atoms with E-state index in [9.17, 15) is 22.8 Å². The zero-order chi connectivity index (χ0) is 26.6. The molecule has 10 nitrogen and oxygen atoms in total. The predicted molar refractivity (Wildman–Crippen MR) is 138 cm³/mol. The monoisotopic (exact) mass is 536 g/mol. The molecule has 1 N–H and O–H groups in total. The maximum atomic E-state index is 13.4. The number of ether oxygens (including phenoxy) is 1. The number of benzene rings is 1. The van der Waals surface area contributed by atoms with Gasteiger partial charge in [-0.1, -0.05) is 0 Å². The van der Waals surface area contributed by atoms with E-state index in [1.807, 2.05) is 13.8 Å². The summed E-state index contributed by atoms with van der Waals surface area (Å²) in [4.78, 5) is 42.9.